The van der Waals surface area contributed by atoms with Crippen LogP contribution in [0.1, 0.15) is 37.8 Å². The summed E-state index contributed by atoms with van der Waals surface area (Å²) in [5.74, 6) is 7.73. The Hall–Kier alpha value is -1.49. The summed E-state index contributed by atoms with van der Waals surface area (Å²) in [7, 11) is 0. The number of furan rings is 1. The van der Waals surface area contributed by atoms with Gasteiger partial charge in [-0.2, -0.15) is 0 Å². The van der Waals surface area contributed by atoms with Gasteiger partial charge >= 0.3 is 0 Å². The quantitative estimate of drug-likeness (QED) is 0.313. The SMILES string of the molecule is CCCN=C(NN)NC(C)c1ccc(C)o1. The number of nitrogens with two attached hydrogens (primary N) is 1. The maximum Gasteiger partial charge on any atom is 0.206 e. The number of hydrazine groups is 1. The first-order valence-corrected chi connectivity index (χ1v) is 5.51. The Bertz CT molecular complexity index is 346. The van der Waals surface area contributed by atoms with Crippen LogP contribution in [-0.4, -0.2) is 12.5 Å². The topological polar surface area (TPSA) is 75.6 Å². The minimum absolute atomic E-state index is 0.0420. The molecule has 1 rings (SSSR count). The zero-order valence-electron chi connectivity index (χ0n) is 10.1. The van der Waals surface area contributed by atoms with Crippen molar-refractivity contribution in [1.82, 2.24) is 10.7 Å². The van der Waals surface area contributed by atoms with Gasteiger partial charge in [0.1, 0.15) is 11.5 Å². The first kappa shape index (κ1) is 12.6. The molecule has 1 atom stereocenters. The molecule has 5 nitrogen and oxygen atoms in total. The molecule has 0 fully saturated rings. The van der Waals surface area contributed by atoms with E-state index in [2.05, 4.69) is 22.7 Å². The monoisotopic (exact) mass is 224 g/mol. The van der Waals surface area contributed by atoms with E-state index in [4.69, 9.17) is 10.3 Å². The zero-order valence-corrected chi connectivity index (χ0v) is 10.1. The predicted octanol–water partition coefficient (Wildman–Crippen LogP) is 1.47. The van der Waals surface area contributed by atoms with E-state index >= 15 is 0 Å². The number of guanidine groups is 1. The third kappa shape index (κ3) is 3.58. The van der Waals surface area contributed by atoms with Gasteiger partial charge in [-0.25, -0.2) is 5.84 Å². The largest absolute Gasteiger partial charge is 0.464 e. The summed E-state index contributed by atoms with van der Waals surface area (Å²) in [4.78, 5) is 4.26. The van der Waals surface area contributed by atoms with Crippen molar-refractivity contribution in [2.75, 3.05) is 6.54 Å². The van der Waals surface area contributed by atoms with E-state index in [9.17, 15) is 0 Å². The van der Waals surface area contributed by atoms with Gasteiger partial charge in [0, 0.05) is 6.54 Å². The van der Waals surface area contributed by atoms with Crippen molar-refractivity contribution < 1.29 is 4.42 Å². The molecule has 1 aromatic rings. The number of aliphatic imine (C=N–C) groups is 1. The molecule has 90 valence electrons. The van der Waals surface area contributed by atoms with E-state index in [-0.39, 0.29) is 6.04 Å². The second kappa shape index (κ2) is 6.17. The average Bonchev–Trinajstić information content (AvgIpc) is 2.70. The molecule has 0 aliphatic rings. The normalized spacial score (nSPS) is 13.6. The maximum absolute atomic E-state index is 5.51. The van der Waals surface area contributed by atoms with E-state index in [0.29, 0.717) is 5.96 Å². The highest BCUT2D eigenvalue weighted by atomic mass is 16.3. The third-order valence-corrected chi connectivity index (χ3v) is 2.17. The van der Waals surface area contributed by atoms with Crippen LogP contribution < -0.4 is 16.6 Å². The average molecular weight is 224 g/mol. The summed E-state index contributed by atoms with van der Waals surface area (Å²) in [6.45, 7) is 6.73. The Kier molecular flexibility index (Phi) is 4.85. The van der Waals surface area contributed by atoms with Crippen LogP contribution in [0.3, 0.4) is 0 Å². The van der Waals surface area contributed by atoms with Crippen LogP contribution in [0, 0.1) is 6.92 Å². The second-order valence-corrected chi connectivity index (χ2v) is 3.69. The van der Waals surface area contributed by atoms with Crippen LogP contribution in [-0.2, 0) is 0 Å². The Morgan fingerprint density at radius 1 is 1.56 bits per heavy atom. The molecule has 0 aromatic carbocycles. The van der Waals surface area contributed by atoms with Gasteiger partial charge in [0.15, 0.2) is 0 Å². The Balaban J connectivity index is 2.58. The number of hydrogen-bond acceptors (Lipinski definition) is 3. The van der Waals surface area contributed by atoms with Crippen LogP contribution in [0.25, 0.3) is 0 Å². The lowest BCUT2D eigenvalue weighted by atomic mass is 10.2. The number of rotatable bonds is 4. The lowest BCUT2D eigenvalue weighted by Crippen LogP contribution is -2.42. The molecule has 0 aliphatic heterocycles. The molecule has 0 bridgehead atoms. The molecule has 16 heavy (non-hydrogen) atoms. The summed E-state index contributed by atoms with van der Waals surface area (Å²) in [5.41, 5.74) is 2.54. The predicted molar refractivity (Wildman–Crippen MR) is 64.9 cm³/mol. The minimum Gasteiger partial charge on any atom is -0.464 e. The Labute approximate surface area is 96.1 Å². The Morgan fingerprint density at radius 3 is 2.81 bits per heavy atom. The molecule has 0 aliphatic carbocycles. The highest BCUT2D eigenvalue weighted by Gasteiger charge is 2.10. The number of aryl methyl sites for hydroxylation is 1. The molecule has 1 heterocycles. The fourth-order valence-electron chi connectivity index (χ4n) is 1.32. The van der Waals surface area contributed by atoms with Gasteiger partial charge in [-0.3, -0.25) is 10.4 Å². The molecular weight excluding hydrogens is 204 g/mol. The first-order chi connectivity index (χ1) is 7.67. The van der Waals surface area contributed by atoms with Crippen LogP contribution >= 0.6 is 0 Å². The molecule has 5 heteroatoms. The molecule has 1 unspecified atom stereocenters. The van der Waals surface area contributed by atoms with Crippen molar-refractivity contribution in [3.8, 4) is 0 Å². The number of hydrogen-bond donors (Lipinski definition) is 3. The standard InChI is InChI=1S/C11H20N4O/c1-4-7-13-11(15-12)14-9(3)10-6-5-8(2)16-10/h5-6,9H,4,7,12H2,1-3H3,(H2,13,14,15). The van der Waals surface area contributed by atoms with E-state index in [1.807, 2.05) is 26.0 Å². The summed E-state index contributed by atoms with van der Waals surface area (Å²) in [6, 6.07) is 3.92. The fourth-order valence-corrected chi connectivity index (χ4v) is 1.32. The van der Waals surface area contributed by atoms with Gasteiger partial charge < -0.3 is 9.73 Å². The number of nitrogens with one attached hydrogen (secondary N) is 2. The summed E-state index contributed by atoms with van der Waals surface area (Å²) < 4.78 is 5.51. The highest BCUT2D eigenvalue weighted by Crippen LogP contribution is 2.15. The fraction of sp³-hybridized carbons (Fsp3) is 0.545. The molecule has 0 amide bonds. The number of nitrogens with zero attached hydrogens (tertiary/aromatic N) is 1. The van der Waals surface area contributed by atoms with E-state index in [1.165, 1.54) is 0 Å². The van der Waals surface area contributed by atoms with E-state index < -0.39 is 0 Å². The van der Waals surface area contributed by atoms with Crippen molar-refractivity contribution in [2.45, 2.75) is 33.2 Å². The van der Waals surface area contributed by atoms with Crippen molar-refractivity contribution in [3.63, 3.8) is 0 Å². The van der Waals surface area contributed by atoms with Crippen molar-refractivity contribution in [3.05, 3.63) is 23.7 Å². The third-order valence-electron chi connectivity index (χ3n) is 2.17. The van der Waals surface area contributed by atoms with Gasteiger partial charge in [-0.1, -0.05) is 6.92 Å². The lowest BCUT2D eigenvalue weighted by molar-refractivity contribution is 0.441. The van der Waals surface area contributed by atoms with Gasteiger partial charge in [-0.15, -0.1) is 0 Å². The van der Waals surface area contributed by atoms with E-state index in [0.717, 1.165) is 24.5 Å². The molecule has 0 saturated carbocycles. The van der Waals surface area contributed by atoms with Crippen molar-refractivity contribution >= 4 is 5.96 Å². The summed E-state index contributed by atoms with van der Waals surface area (Å²) >= 11 is 0. The van der Waals surface area contributed by atoms with Crippen LogP contribution in [0.2, 0.25) is 0 Å². The molecule has 1 aromatic heterocycles. The van der Waals surface area contributed by atoms with Gasteiger partial charge in [0.05, 0.1) is 6.04 Å². The second-order valence-electron chi connectivity index (χ2n) is 3.69. The lowest BCUT2D eigenvalue weighted by Gasteiger charge is -2.14. The summed E-state index contributed by atoms with van der Waals surface area (Å²) in [5, 5.41) is 3.15. The van der Waals surface area contributed by atoms with Gasteiger partial charge in [0.25, 0.3) is 0 Å². The maximum atomic E-state index is 5.51. The zero-order chi connectivity index (χ0) is 12.0. The minimum atomic E-state index is 0.0420. The first-order valence-electron chi connectivity index (χ1n) is 5.51. The van der Waals surface area contributed by atoms with Crippen LogP contribution in [0.5, 0.6) is 0 Å². The van der Waals surface area contributed by atoms with Crippen LogP contribution in [0.15, 0.2) is 21.5 Å². The van der Waals surface area contributed by atoms with Gasteiger partial charge in [0.2, 0.25) is 5.96 Å². The smallest absolute Gasteiger partial charge is 0.206 e. The van der Waals surface area contributed by atoms with E-state index in [1.54, 1.807) is 0 Å². The van der Waals surface area contributed by atoms with Gasteiger partial charge in [-0.05, 0) is 32.4 Å². The molecule has 4 N–H and O–H groups in total. The molecule has 0 spiro atoms. The van der Waals surface area contributed by atoms with Crippen molar-refractivity contribution in [2.24, 2.45) is 10.8 Å². The molecule has 0 radical (unpaired) electrons. The summed E-state index contributed by atoms with van der Waals surface area (Å²) in [6.07, 6.45) is 0.987. The highest BCUT2D eigenvalue weighted by molar-refractivity contribution is 5.79. The van der Waals surface area contributed by atoms with Crippen LogP contribution in [0.4, 0.5) is 0 Å². The molecule has 0 saturated heterocycles. The molecular formula is C11H20N4O. The van der Waals surface area contributed by atoms with Crippen molar-refractivity contribution in [1.29, 1.82) is 0 Å². The Morgan fingerprint density at radius 2 is 2.31 bits per heavy atom.